The Balaban J connectivity index is 1.44. The number of ketones is 1. The van der Waals surface area contributed by atoms with E-state index in [-0.39, 0.29) is 0 Å². The summed E-state index contributed by atoms with van der Waals surface area (Å²) in [6.45, 7) is 3.83. The van der Waals surface area contributed by atoms with E-state index in [0.717, 1.165) is 31.6 Å². The maximum absolute atomic E-state index is 12.3. The number of rotatable bonds is 6. The molecule has 0 aromatic heterocycles. The molecular formula is C22H24N2O2. The number of nitrogens with zero attached hydrogens (tertiary/aromatic N) is 2. The van der Waals surface area contributed by atoms with Crippen LogP contribution in [0.5, 0.6) is 0 Å². The number of hydrogen-bond donors (Lipinski definition) is 0. The molecule has 0 N–H and O–H groups in total. The predicted octanol–water partition coefficient (Wildman–Crippen LogP) is 2.66. The number of carbonyl (C=O) groups excluding carboxylic acids is 2. The number of benzene rings is 2. The van der Waals surface area contributed by atoms with Crippen molar-refractivity contribution in [3.63, 3.8) is 0 Å². The highest BCUT2D eigenvalue weighted by molar-refractivity contribution is 6.41. The van der Waals surface area contributed by atoms with E-state index in [0.29, 0.717) is 13.1 Å². The molecule has 2 aromatic carbocycles. The molecule has 1 fully saturated rings. The molecule has 0 atom stereocenters. The Morgan fingerprint density at radius 1 is 0.846 bits per heavy atom. The van der Waals surface area contributed by atoms with E-state index in [1.807, 2.05) is 36.4 Å². The molecule has 4 heteroatoms. The Labute approximate surface area is 154 Å². The third-order valence-corrected chi connectivity index (χ3v) is 4.66. The molecule has 1 heterocycles. The van der Waals surface area contributed by atoms with Gasteiger partial charge in [-0.2, -0.15) is 0 Å². The molecular weight excluding hydrogens is 324 g/mol. The molecule has 0 aliphatic carbocycles. The number of piperazine rings is 1. The molecule has 0 spiro atoms. The van der Waals surface area contributed by atoms with Gasteiger partial charge in [-0.25, -0.2) is 0 Å². The zero-order valence-corrected chi connectivity index (χ0v) is 14.9. The van der Waals surface area contributed by atoms with Crippen LogP contribution < -0.4 is 0 Å². The summed E-state index contributed by atoms with van der Waals surface area (Å²) < 4.78 is 0. The molecule has 0 saturated carbocycles. The van der Waals surface area contributed by atoms with Gasteiger partial charge in [-0.15, -0.1) is 0 Å². The molecule has 26 heavy (non-hydrogen) atoms. The van der Waals surface area contributed by atoms with Crippen LogP contribution in [0, 0.1) is 0 Å². The van der Waals surface area contributed by atoms with Crippen LogP contribution in [-0.2, 0) is 16.0 Å². The second-order valence-corrected chi connectivity index (χ2v) is 6.48. The molecule has 0 radical (unpaired) electrons. The van der Waals surface area contributed by atoms with Crippen LogP contribution in [0.2, 0.25) is 0 Å². The second-order valence-electron chi connectivity index (χ2n) is 6.48. The van der Waals surface area contributed by atoms with E-state index >= 15 is 0 Å². The van der Waals surface area contributed by atoms with Gasteiger partial charge in [0.15, 0.2) is 0 Å². The Morgan fingerprint density at radius 2 is 1.46 bits per heavy atom. The third kappa shape index (κ3) is 5.14. The summed E-state index contributed by atoms with van der Waals surface area (Å²) in [6, 6.07) is 19.9. The SMILES string of the molecule is O=C(/C=C/c1ccccc1)C(=O)N1CCN(CCc2ccccc2)CC1. The van der Waals surface area contributed by atoms with Gasteiger partial charge in [0.2, 0.25) is 5.78 Å². The van der Waals surface area contributed by atoms with Crippen molar-refractivity contribution in [2.75, 3.05) is 32.7 Å². The van der Waals surface area contributed by atoms with Crippen LogP contribution >= 0.6 is 0 Å². The summed E-state index contributed by atoms with van der Waals surface area (Å²) in [4.78, 5) is 28.4. The van der Waals surface area contributed by atoms with Crippen molar-refractivity contribution >= 4 is 17.8 Å². The average Bonchev–Trinajstić information content (AvgIpc) is 2.72. The van der Waals surface area contributed by atoms with Crippen molar-refractivity contribution in [1.82, 2.24) is 9.80 Å². The summed E-state index contributed by atoms with van der Waals surface area (Å²) in [5.41, 5.74) is 2.24. The Bertz CT molecular complexity index is 748. The number of amides is 1. The molecule has 3 rings (SSSR count). The number of carbonyl (C=O) groups is 2. The van der Waals surface area contributed by atoms with Gasteiger partial charge in [0.05, 0.1) is 0 Å². The first kappa shape index (κ1) is 18.1. The monoisotopic (exact) mass is 348 g/mol. The summed E-state index contributed by atoms with van der Waals surface area (Å²) in [5.74, 6) is -0.855. The van der Waals surface area contributed by atoms with Gasteiger partial charge >= 0.3 is 0 Å². The average molecular weight is 348 g/mol. The van der Waals surface area contributed by atoms with Gasteiger partial charge in [-0.1, -0.05) is 66.7 Å². The molecule has 4 nitrogen and oxygen atoms in total. The fourth-order valence-electron chi connectivity index (χ4n) is 3.07. The van der Waals surface area contributed by atoms with Gasteiger partial charge in [0, 0.05) is 32.7 Å². The maximum atomic E-state index is 12.3. The van der Waals surface area contributed by atoms with E-state index < -0.39 is 11.7 Å². The van der Waals surface area contributed by atoms with Crippen LogP contribution in [0.15, 0.2) is 66.7 Å². The van der Waals surface area contributed by atoms with Gasteiger partial charge < -0.3 is 4.90 Å². The molecule has 0 bridgehead atoms. The minimum Gasteiger partial charge on any atom is -0.333 e. The lowest BCUT2D eigenvalue weighted by atomic mass is 10.1. The third-order valence-electron chi connectivity index (χ3n) is 4.66. The van der Waals surface area contributed by atoms with Crippen molar-refractivity contribution < 1.29 is 9.59 Å². The van der Waals surface area contributed by atoms with E-state index in [1.54, 1.807) is 11.0 Å². The molecule has 2 aromatic rings. The van der Waals surface area contributed by atoms with Gasteiger partial charge in [-0.05, 0) is 23.6 Å². The minimum atomic E-state index is -0.452. The summed E-state index contributed by atoms with van der Waals surface area (Å²) in [6.07, 6.45) is 4.07. The second kappa shape index (κ2) is 9.11. The van der Waals surface area contributed by atoms with Crippen LogP contribution in [0.3, 0.4) is 0 Å². The molecule has 1 saturated heterocycles. The Kier molecular flexibility index (Phi) is 6.34. The van der Waals surface area contributed by atoms with Gasteiger partial charge in [0.25, 0.3) is 5.91 Å². The van der Waals surface area contributed by atoms with Crippen molar-refractivity contribution in [1.29, 1.82) is 0 Å². The first-order chi connectivity index (χ1) is 12.7. The van der Waals surface area contributed by atoms with Crippen molar-refractivity contribution in [3.05, 3.63) is 77.9 Å². The summed E-state index contributed by atoms with van der Waals surface area (Å²) in [7, 11) is 0. The zero-order valence-electron chi connectivity index (χ0n) is 14.9. The Morgan fingerprint density at radius 3 is 2.12 bits per heavy atom. The lowest BCUT2D eigenvalue weighted by molar-refractivity contribution is -0.143. The van der Waals surface area contributed by atoms with E-state index in [9.17, 15) is 9.59 Å². The smallest absolute Gasteiger partial charge is 0.294 e. The quantitative estimate of drug-likeness (QED) is 0.595. The van der Waals surface area contributed by atoms with E-state index in [1.165, 1.54) is 11.6 Å². The van der Waals surface area contributed by atoms with Crippen LogP contribution in [0.4, 0.5) is 0 Å². The first-order valence-corrected chi connectivity index (χ1v) is 9.05. The van der Waals surface area contributed by atoms with Crippen LogP contribution in [0.25, 0.3) is 6.08 Å². The lowest BCUT2D eigenvalue weighted by Crippen LogP contribution is -2.50. The lowest BCUT2D eigenvalue weighted by Gasteiger charge is -2.34. The zero-order chi connectivity index (χ0) is 18.2. The molecule has 1 aliphatic heterocycles. The van der Waals surface area contributed by atoms with E-state index in [2.05, 4.69) is 29.2 Å². The highest BCUT2D eigenvalue weighted by Crippen LogP contribution is 2.07. The van der Waals surface area contributed by atoms with E-state index in [4.69, 9.17) is 0 Å². The van der Waals surface area contributed by atoms with Crippen molar-refractivity contribution in [2.45, 2.75) is 6.42 Å². The number of hydrogen-bond acceptors (Lipinski definition) is 3. The maximum Gasteiger partial charge on any atom is 0.294 e. The Hall–Kier alpha value is -2.72. The predicted molar refractivity (Wildman–Crippen MR) is 104 cm³/mol. The molecule has 1 aliphatic rings. The summed E-state index contributed by atoms with van der Waals surface area (Å²) in [5, 5.41) is 0. The molecule has 134 valence electrons. The topological polar surface area (TPSA) is 40.6 Å². The van der Waals surface area contributed by atoms with Gasteiger partial charge in [-0.3, -0.25) is 14.5 Å². The largest absolute Gasteiger partial charge is 0.333 e. The van der Waals surface area contributed by atoms with Crippen LogP contribution in [-0.4, -0.2) is 54.2 Å². The standard InChI is InChI=1S/C22H24N2O2/c25-21(12-11-19-7-3-1-4-8-19)22(26)24-17-15-23(16-18-24)14-13-20-9-5-2-6-10-20/h1-12H,13-18H2/b12-11+. The molecule has 0 unspecified atom stereocenters. The molecule has 1 amide bonds. The normalized spacial score (nSPS) is 15.3. The fraction of sp³-hybridized carbons (Fsp3) is 0.273. The highest BCUT2D eigenvalue weighted by atomic mass is 16.2. The highest BCUT2D eigenvalue weighted by Gasteiger charge is 2.24. The minimum absolute atomic E-state index is 0.403. The van der Waals surface area contributed by atoms with Crippen LogP contribution in [0.1, 0.15) is 11.1 Å². The fourth-order valence-corrected chi connectivity index (χ4v) is 3.07. The van der Waals surface area contributed by atoms with Gasteiger partial charge in [0.1, 0.15) is 0 Å². The first-order valence-electron chi connectivity index (χ1n) is 9.05. The summed E-state index contributed by atoms with van der Waals surface area (Å²) >= 11 is 0. The van der Waals surface area contributed by atoms with Crippen molar-refractivity contribution in [2.24, 2.45) is 0 Å². The van der Waals surface area contributed by atoms with Crippen molar-refractivity contribution in [3.8, 4) is 0 Å².